The summed E-state index contributed by atoms with van der Waals surface area (Å²) in [6.45, 7) is 1.56. The van der Waals surface area contributed by atoms with Gasteiger partial charge in [0.05, 0.1) is 5.69 Å². The maximum absolute atomic E-state index is 11.9. The minimum atomic E-state index is -1.34. The van der Waals surface area contributed by atoms with Crippen molar-refractivity contribution in [1.29, 1.82) is 0 Å². The Bertz CT molecular complexity index is 753. The first kappa shape index (κ1) is 15.4. The van der Waals surface area contributed by atoms with Crippen LogP contribution in [0.3, 0.4) is 0 Å². The first-order valence-corrected chi connectivity index (χ1v) is 6.60. The van der Waals surface area contributed by atoms with Crippen molar-refractivity contribution in [2.24, 2.45) is 0 Å². The summed E-state index contributed by atoms with van der Waals surface area (Å²) in [6.07, 6.45) is 0. The van der Waals surface area contributed by atoms with E-state index >= 15 is 0 Å². The largest absolute Gasteiger partial charge is 0.477 e. The van der Waals surface area contributed by atoms with E-state index in [9.17, 15) is 14.4 Å². The van der Waals surface area contributed by atoms with Gasteiger partial charge in [-0.1, -0.05) is 30.3 Å². The minimum absolute atomic E-state index is 0.325. The van der Waals surface area contributed by atoms with Crippen LogP contribution in [-0.4, -0.2) is 26.8 Å². The van der Waals surface area contributed by atoms with Gasteiger partial charge in [-0.15, -0.1) is 0 Å². The summed E-state index contributed by atoms with van der Waals surface area (Å²) in [7, 11) is 0. The van der Waals surface area contributed by atoms with E-state index in [0.717, 1.165) is 10.2 Å². The van der Waals surface area contributed by atoms with Crippen LogP contribution >= 0.6 is 0 Å². The maximum Gasteiger partial charge on any atom is 0.341 e. The lowest BCUT2D eigenvalue weighted by atomic mass is 10.2. The molecule has 0 atom stereocenters. The van der Waals surface area contributed by atoms with Crippen molar-refractivity contribution < 1.29 is 14.7 Å². The Balaban J connectivity index is 2.09. The molecule has 0 aliphatic rings. The highest BCUT2D eigenvalue weighted by Gasteiger charge is 2.14. The third kappa shape index (κ3) is 3.78. The molecule has 0 spiro atoms. The molecular formula is C15H15N3O4. The van der Waals surface area contributed by atoms with Crippen molar-refractivity contribution in [1.82, 2.24) is 15.1 Å². The van der Waals surface area contributed by atoms with E-state index in [4.69, 9.17) is 5.11 Å². The van der Waals surface area contributed by atoms with Crippen LogP contribution in [0.2, 0.25) is 0 Å². The first-order chi connectivity index (χ1) is 10.5. The molecule has 1 aromatic heterocycles. The molecule has 2 N–H and O–H groups in total. The maximum atomic E-state index is 11.9. The zero-order chi connectivity index (χ0) is 16.1. The molecule has 22 heavy (non-hydrogen) atoms. The molecule has 7 nitrogen and oxygen atoms in total. The third-order valence-electron chi connectivity index (χ3n) is 2.95. The topological polar surface area (TPSA) is 101 Å². The molecule has 1 amide bonds. The van der Waals surface area contributed by atoms with Crippen LogP contribution in [0.25, 0.3) is 0 Å². The molecule has 1 aromatic carbocycles. The molecule has 0 unspecified atom stereocenters. The number of rotatable bonds is 5. The Hall–Kier alpha value is -2.96. The highest BCUT2D eigenvalue weighted by atomic mass is 16.4. The number of carboxylic acid groups (broad SMARTS) is 1. The Labute approximate surface area is 126 Å². The van der Waals surface area contributed by atoms with Crippen molar-refractivity contribution in [3.8, 4) is 0 Å². The van der Waals surface area contributed by atoms with Crippen molar-refractivity contribution in [3.05, 3.63) is 63.6 Å². The second kappa shape index (κ2) is 6.66. The minimum Gasteiger partial charge on any atom is -0.477 e. The molecule has 0 saturated heterocycles. The summed E-state index contributed by atoms with van der Waals surface area (Å²) >= 11 is 0. The fourth-order valence-corrected chi connectivity index (χ4v) is 1.92. The number of nitrogens with one attached hydrogen (secondary N) is 1. The third-order valence-corrected chi connectivity index (χ3v) is 2.95. The molecule has 0 bridgehead atoms. The van der Waals surface area contributed by atoms with Crippen molar-refractivity contribution in [2.75, 3.05) is 0 Å². The summed E-state index contributed by atoms with van der Waals surface area (Å²) in [6, 6.07) is 10.5. The van der Waals surface area contributed by atoms with E-state index in [2.05, 4.69) is 10.4 Å². The van der Waals surface area contributed by atoms with Crippen molar-refractivity contribution in [2.45, 2.75) is 20.0 Å². The zero-order valence-corrected chi connectivity index (χ0v) is 11.9. The van der Waals surface area contributed by atoms with E-state index in [0.29, 0.717) is 12.2 Å². The van der Waals surface area contributed by atoms with Gasteiger partial charge >= 0.3 is 5.97 Å². The van der Waals surface area contributed by atoms with Gasteiger partial charge in [0, 0.05) is 6.54 Å². The molecule has 0 aliphatic carbocycles. The van der Waals surface area contributed by atoms with Crippen LogP contribution in [0.4, 0.5) is 0 Å². The smallest absolute Gasteiger partial charge is 0.341 e. The molecule has 1 heterocycles. The Morgan fingerprint density at radius 3 is 2.59 bits per heavy atom. The molecule has 0 saturated carbocycles. The van der Waals surface area contributed by atoms with Crippen LogP contribution in [0.5, 0.6) is 0 Å². The predicted molar refractivity (Wildman–Crippen MR) is 78.5 cm³/mol. The normalized spacial score (nSPS) is 10.2. The highest BCUT2D eigenvalue weighted by Crippen LogP contribution is 1.98. The number of nitrogens with zero attached hydrogens (tertiary/aromatic N) is 2. The van der Waals surface area contributed by atoms with Gasteiger partial charge in [0.2, 0.25) is 5.91 Å². The van der Waals surface area contributed by atoms with Crippen molar-refractivity contribution in [3.63, 3.8) is 0 Å². The fraction of sp³-hybridized carbons (Fsp3) is 0.200. The number of aryl methyl sites for hydroxylation is 1. The van der Waals surface area contributed by atoms with E-state index in [1.165, 1.54) is 6.07 Å². The number of carboxylic acids is 1. The van der Waals surface area contributed by atoms with Gasteiger partial charge in [-0.3, -0.25) is 9.59 Å². The van der Waals surface area contributed by atoms with E-state index in [-0.39, 0.29) is 6.54 Å². The molecule has 0 radical (unpaired) electrons. The monoisotopic (exact) mass is 301 g/mol. The lowest BCUT2D eigenvalue weighted by Crippen LogP contribution is -2.36. The molecule has 0 aliphatic heterocycles. The summed E-state index contributed by atoms with van der Waals surface area (Å²) < 4.78 is 0.860. The van der Waals surface area contributed by atoms with E-state index in [1.807, 2.05) is 30.3 Å². The van der Waals surface area contributed by atoms with Crippen LogP contribution in [-0.2, 0) is 17.9 Å². The number of carbonyl (C=O) groups excluding carboxylic acids is 1. The number of aromatic carboxylic acids is 1. The van der Waals surface area contributed by atoms with E-state index in [1.54, 1.807) is 6.92 Å². The van der Waals surface area contributed by atoms with Crippen LogP contribution < -0.4 is 10.9 Å². The molecular weight excluding hydrogens is 286 g/mol. The predicted octanol–water partition coefficient (Wildman–Crippen LogP) is 0.566. The number of carbonyl (C=O) groups is 2. The fourth-order valence-electron chi connectivity index (χ4n) is 1.92. The van der Waals surface area contributed by atoms with Gasteiger partial charge in [-0.25, -0.2) is 9.48 Å². The molecule has 2 aromatic rings. The Morgan fingerprint density at radius 1 is 1.27 bits per heavy atom. The Kier molecular flexibility index (Phi) is 4.67. The summed E-state index contributed by atoms with van der Waals surface area (Å²) in [4.78, 5) is 34.8. The summed E-state index contributed by atoms with van der Waals surface area (Å²) in [5.74, 6) is -1.76. The second-order valence-corrected chi connectivity index (χ2v) is 4.73. The van der Waals surface area contributed by atoms with Gasteiger partial charge in [-0.05, 0) is 18.6 Å². The molecule has 114 valence electrons. The average molecular weight is 301 g/mol. The molecule has 7 heteroatoms. The van der Waals surface area contributed by atoms with Gasteiger partial charge in [0.15, 0.2) is 0 Å². The summed E-state index contributed by atoms with van der Waals surface area (Å²) in [5, 5.41) is 15.5. The van der Waals surface area contributed by atoms with Gasteiger partial charge in [0.1, 0.15) is 12.1 Å². The Morgan fingerprint density at radius 2 is 1.95 bits per heavy atom. The lowest BCUT2D eigenvalue weighted by Gasteiger charge is -2.08. The standard InChI is InChI=1S/C15H15N3O4/c1-10-7-12(15(21)22)14(20)18(17-10)9-13(19)16-8-11-5-3-2-4-6-11/h2-7H,8-9H2,1H3,(H,16,19)(H,21,22). The number of amides is 1. The molecule has 2 rings (SSSR count). The first-order valence-electron chi connectivity index (χ1n) is 6.60. The second-order valence-electron chi connectivity index (χ2n) is 4.73. The van der Waals surface area contributed by atoms with E-state index < -0.39 is 23.0 Å². The number of hydrogen-bond acceptors (Lipinski definition) is 4. The van der Waals surface area contributed by atoms with Crippen molar-refractivity contribution >= 4 is 11.9 Å². The van der Waals surface area contributed by atoms with Gasteiger partial charge < -0.3 is 10.4 Å². The summed E-state index contributed by atoms with van der Waals surface area (Å²) in [5.41, 5.74) is 0.0794. The van der Waals surface area contributed by atoms with Gasteiger partial charge in [-0.2, -0.15) is 5.10 Å². The lowest BCUT2D eigenvalue weighted by molar-refractivity contribution is -0.122. The SMILES string of the molecule is Cc1cc(C(=O)O)c(=O)n(CC(=O)NCc2ccccc2)n1. The zero-order valence-electron chi connectivity index (χ0n) is 11.9. The highest BCUT2D eigenvalue weighted by molar-refractivity contribution is 5.87. The van der Waals surface area contributed by atoms with Crippen LogP contribution in [0.15, 0.2) is 41.2 Å². The average Bonchev–Trinajstić information content (AvgIpc) is 2.49. The number of benzene rings is 1. The van der Waals surface area contributed by atoms with Crippen LogP contribution in [0, 0.1) is 6.92 Å². The van der Waals surface area contributed by atoms with Crippen LogP contribution in [0.1, 0.15) is 21.6 Å². The number of aromatic nitrogens is 2. The quantitative estimate of drug-likeness (QED) is 0.840. The van der Waals surface area contributed by atoms with Gasteiger partial charge in [0.25, 0.3) is 5.56 Å². The number of hydrogen-bond donors (Lipinski definition) is 2. The molecule has 0 fully saturated rings.